The van der Waals surface area contributed by atoms with Crippen molar-refractivity contribution in [3.8, 4) is 5.75 Å². The standard InChI is InChI=1S/C19H21FN4O4S/c1-27-16-4-2-13(10-15(16)20)3-5-17(25)22-23-18(26)11-14-12-29-19(21-14)24-6-8-28-9-7-24/h2-5,10,12H,6-9,11H2,1H3,(H,22,25)(H,23,26)/b5-3+. The van der Waals surface area contributed by atoms with E-state index in [4.69, 9.17) is 9.47 Å². The molecule has 8 nitrogen and oxygen atoms in total. The Morgan fingerprint density at radius 2 is 2.14 bits per heavy atom. The second-order valence-corrected chi connectivity index (χ2v) is 7.00. The van der Waals surface area contributed by atoms with E-state index in [1.54, 1.807) is 6.07 Å². The zero-order valence-electron chi connectivity index (χ0n) is 15.8. The van der Waals surface area contributed by atoms with Crippen molar-refractivity contribution >= 4 is 34.4 Å². The number of nitrogens with zero attached hydrogens (tertiary/aromatic N) is 2. The van der Waals surface area contributed by atoms with Gasteiger partial charge in [-0.15, -0.1) is 11.3 Å². The largest absolute Gasteiger partial charge is 0.494 e. The molecule has 0 saturated carbocycles. The molecule has 2 amide bonds. The first-order chi connectivity index (χ1) is 14.0. The fourth-order valence-corrected chi connectivity index (χ4v) is 3.50. The number of halogens is 1. The average molecular weight is 420 g/mol. The van der Waals surface area contributed by atoms with Crippen molar-refractivity contribution < 1.29 is 23.5 Å². The van der Waals surface area contributed by atoms with Crippen LogP contribution < -0.4 is 20.5 Å². The van der Waals surface area contributed by atoms with Crippen LogP contribution in [-0.4, -0.2) is 50.2 Å². The molecule has 2 N–H and O–H groups in total. The molecule has 0 spiro atoms. The van der Waals surface area contributed by atoms with Crippen LogP contribution in [0.15, 0.2) is 29.7 Å². The van der Waals surface area contributed by atoms with Gasteiger partial charge in [-0.3, -0.25) is 20.4 Å². The van der Waals surface area contributed by atoms with Gasteiger partial charge in [0, 0.05) is 24.5 Å². The van der Waals surface area contributed by atoms with Gasteiger partial charge in [-0.25, -0.2) is 9.37 Å². The van der Waals surface area contributed by atoms with Gasteiger partial charge in [0.15, 0.2) is 16.7 Å². The third-order valence-electron chi connectivity index (χ3n) is 4.09. The molecular formula is C19H21FN4O4S. The summed E-state index contributed by atoms with van der Waals surface area (Å²) in [5.74, 6) is -1.33. The van der Waals surface area contributed by atoms with Crippen LogP contribution in [0.5, 0.6) is 5.75 Å². The van der Waals surface area contributed by atoms with E-state index < -0.39 is 11.7 Å². The maximum atomic E-state index is 13.6. The highest BCUT2D eigenvalue weighted by atomic mass is 32.1. The van der Waals surface area contributed by atoms with Crippen molar-refractivity contribution in [2.45, 2.75) is 6.42 Å². The molecule has 0 unspecified atom stereocenters. The lowest BCUT2D eigenvalue weighted by Gasteiger charge is -2.26. The number of hydrazine groups is 1. The van der Waals surface area contributed by atoms with Crippen molar-refractivity contribution in [3.05, 3.63) is 46.7 Å². The molecule has 1 aromatic carbocycles. The second kappa shape index (κ2) is 9.99. The molecule has 29 heavy (non-hydrogen) atoms. The second-order valence-electron chi connectivity index (χ2n) is 6.16. The molecule has 0 atom stereocenters. The molecule has 0 bridgehead atoms. The van der Waals surface area contributed by atoms with Crippen molar-refractivity contribution in [2.75, 3.05) is 38.3 Å². The summed E-state index contributed by atoms with van der Waals surface area (Å²) in [4.78, 5) is 30.4. The average Bonchev–Trinajstić information content (AvgIpc) is 3.20. The zero-order valence-corrected chi connectivity index (χ0v) is 16.6. The maximum Gasteiger partial charge on any atom is 0.262 e. The Morgan fingerprint density at radius 3 is 2.86 bits per heavy atom. The Labute approximate surface area is 171 Å². The number of benzene rings is 1. The molecule has 154 valence electrons. The van der Waals surface area contributed by atoms with Crippen molar-refractivity contribution in [1.29, 1.82) is 0 Å². The van der Waals surface area contributed by atoms with E-state index in [9.17, 15) is 14.0 Å². The summed E-state index contributed by atoms with van der Waals surface area (Å²) in [5.41, 5.74) is 5.74. The highest BCUT2D eigenvalue weighted by Crippen LogP contribution is 2.21. The van der Waals surface area contributed by atoms with Crippen LogP contribution in [0.3, 0.4) is 0 Å². The molecular weight excluding hydrogens is 399 g/mol. The molecule has 1 aromatic heterocycles. The SMILES string of the molecule is COc1ccc(/C=C/C(=O)NNC(=O)Cc2csc(N3CCOCC3)n2)cc1F. The smallest absolute Gasteiger partial charge is 0.262 e. The monoisotopic (exact) mass is 420 g/mol. The molecule has 1 fully saturated rings. The Morgan fingerprint density at radius 1 is 1.34 bits per heavy atom. The summed E-state index contributed by atoms with van der Waals surface area (Å²) >= 11 is 1.47. The lowest BCUT2D eigenvalue weighted by molar-refractivity contribution is -0.126. The Hall–Kier alpha value is -2.98. The molecule has 3 rings (SSSR count). The third-order valence-corrected chi connectivity index (χ3v) is 5.04. The quantitative estimate of drug-likeness (QED) is 0.544. The number of nitrogens with one attached hydrogen (secondary N) is 2. The van der Waals surface area contributed by atoms with Gasteiger partial charge in [-0.1, -0.05) is 6.07 Å². The fraction of sp³-hybridized carbons (Fsp3) is 0.316. The number of hydrogen-bond acceptors (Lipinski definition) is 7. The number of hydrogen-bond donors (Lipinski definition) is 2. The van der Waals surface area contributed by atoms with Gasteiger partial charge in [-0.05, 0) is 23.8 Å². The number of amides is 2. The van der Waals surface area contributed by atoms with Gasteiger partial charge in [0.05, 0.1) is 32.4 Å². The molecule has 1 aliphatic rings. The number of ether oxygens (including phenoxy) is 2. The molecule has 2 heterocycles. The number of aromatic nitrogens is 1. The van der Waals surface area contributed by atoms with Gasteiger partial charge in [0.2, 0.25) is 5.91 Å². The summed E-state index contributed by atoms with van der Waals surface area (Å²) in [6.45, 7) is 2.88. The van der Waals surface area contributed by atoms with Crippen molar-refractivity contribution in [3.63, 3.8) is 0 Å². The van der Waals surface area contributed by atoms with Crippen LogP contribution in [0.2, 0.25) is 0 Å². The molecule has 2 aromatic rings. The van der Waals surface area contributed by atoms with E-state index in [2.05, 4.69) is 20.7 Å². The molecule has 1 aliphatic heterocycles. The van der Waals surface area contributed by atoms with Crippen LogP contribution in [0.1, 0.15) is 11.3 Å². The third kappa shape index (κ3) is 6.00. The van der Waals surface area contributed by atoms with Gasteiger partial charge in [0.25, 0.3) is 5.91 Å². The van der Waals surface area contributed by atoms with Crippen molar-refractivity contribution in [2.24, 2.45) is 0 Å². The van der Waals surface area contributed by atoms with E-state index in [-0.39, 0.29) is 18.1 Å². The first-order valence-electron chi connectivity index (χ1n) is 8.92. The van der Waals surface area contributed by atoms with E-state index in [1.165, 1.54) is 42.7 Å². The Bertz CT molecular complexity index is 896. The Kier molecular flexibility index (Phi) is 7.14. The summed E-state index contributed by atoms with van der Waals surface area (Å²) in [6.07, 6.45) is 2.68. The van der Waals surface area contributed by atoms with Crippen LogP contribution >= 0.6 is 11.3 Å². The first-order valence-corrected chi connectivity index (χ1v) is 9.80. The number of anilines is 1. The zero-order chi connectivity index (χ0) is 20.6. The summed E-state index contributed by atoms with van der Waals surface area (Å²) in [5, 5.41) is 2.68. The summed E-state index contributed by atoms with van der Waals surface area (Å²) < 4.78 is 23.8. The van der Waals surface area contributed by atoms with E-state index in [1.807, 2.05) is 5.38 Å². The van der Waals surface area contributed by atoms with E-state index >= 15 is 0 Å². The predicted molar refractivity (Wildman–Crippen MR) is 107 cm³/mol. The van der Waals surface area contributed by atoms with Crippen LogP contribution in [0.4, 0.5) is 9.52 Å². The minimum atomic E-state index is -0.540. The van der Waals surface area contributed by atoms with Crippen LogP contribution in [0.25, 0.3) is 6.08 Å². The van der Waals surface area contributed by atoms with Crippen LogP contribution in [0, 0.1) is 5.82 Å². The molecule has 0 aliphatic carbocycles. The highest BCUT2D eigenvalue weighted by Gasteiger charge is 2.15. The first kappa shape index (κ1) is 20.7. The number of carbonyl (C=O) groups excluding carboxylic acids is 2. The lowest BCUT2D eigenvalue weighted by Crippen LogP contribution is -2.41. The minimum Gasteiger partial charge on any atom is -0.494 e. The van der Waals surface area contributed by atoms with E-state index in [0.29, 0.717) is 24.5 Å². The Balaban J connectivity index is 1.44. The summed E-state index contributed by atoms with van der Waals surface area (Å²) in [7, 11) is 1.37. The number of methoxy groups -OCH3 is 1. The number of rotatable bonds is 6. The van der Waals surface area contributed by atoms with Gasteiger partial charge in [0.1, 0.15) is 0 Å². The maximum absolute atomic E-state index is 13.6. The lowest BCUT2D eigenvalue weighted by atomic mass is 10.2. The molecule has 0 radical (unpaired) electrons. The molecule has 1 saturated heterocycles. The number of morpholine rings is 1. The van der Waals surface area contributed by atoms with Crippen LogP contribution in [-0.2, 0) is 20.7 Å². The van der Waals surface area contributed by atoms with Gasteiger partial charge >= 0.3 is 0 Å². The van der Waals surface area contributed by atoms with Gasteiger partial charge in [-0.2, -0.15) is 0 Å². The molecule has 10 heteroatoms. The topological polar surface area (TPSA) is 92.8 Å². The van der Waals surface area contributed by atoms with Gasteiger partial charge < -0.3 is 14.4 Å². The van der Waals surface area contributed by atoms with E-state index in [0.717, 1.165) is 18.2 Å². The summed E-state index contributed by atoms with van der Waals surface area (Å²) in [6, 6.07) is 4.32. The number of carbonyl (C=O) groups is 2. The number of thiazole rings is 1. The fourth-order valence-electron chi connectivity index (χ4n) is 2.62. The predicted octanol–water partition coefficient (Wildman–Crippen LogP) is 1.53. The highest BCUT2D eigenvalue weighted by molar-refractivity contribution is 7.13. The minimum absolute atomic E-state index is 0.0501. The normalized spacial score (nSPS) is 14.1. The van der Waals surface area contributed by atoms with Crippen molar-refractivity contribution in [1.82, 2.24) is 15.8 Å².